The lowest BCUT2D eigenvalue weighted by Gasteiger charge is -2.38. The first kappa shape index (κ1) is 24.0. The molecule has 1 fully saturated rings. The van der Waals surface area contributed by atoms with E-state index in [2.05, 4.69) is 5.32 Å². The van der Waals surface area contributed by atoms with Gasteiger partial charge in [-0.1, -0.05) is 67.1 Å². The van der Waals surface area contributed by atoms with E-state index >= 15 is 0 Å². The fourth-order valence-electron chi connectivity index (χ4n) is 3.52. The van der Waals surface area contributed by atoms with Gasteiger partial charge in [0.05, 0.1) is 6.61 Å². The number of piperidine rings is 1. The van der Waals surface area contributed by atoms with Crippen LogP contribution in [-0.4, -0.2) is 37.1 Å². The summed E-state index contributed by atoms with van der Waals surface area (Å²) in [5.41, 5.74) is 2.98. The van der Waals surface area contributed by atoms with Crippen LogP contribution in [0.3, 0.4) is 0 Å². The highest BCUT2D eigenvalue weighted by Gasteiger charge is 2.59. The van der Waals surface area contributed by atoms with Gasteiger partial charge in [0.15, 0.2) is 0 Å². The van der Waals surface area contributed by atoms with Crippen LogP contribution in [0.2, 0.25) is 0 Å². The number of ether oxygens (including phenoxy) is 1. The first-order chi connectivity index (χ1) is 15.4. The molecule has 2 N–H and O–H groups in total. The fourth-order valence-corrected chi connectivity index (χ4v) is 3.52. The molecule has 2 unspecified atom stereocenters. The summed E-state index contributed by atoms with van der Waals surface area (Å²) in [6.45, 7) is 0.283. The van der Waals surface area contributed by atoms with E-state index < -0.39 is 30.3 Å². The zero-order valence-electron chi connectivity index (χ0n) is 17.6. The summed E-state index contributed by atoms with van der Waals surface area (Å²) in [7, 11) is 0. The number of carbonyl (C=O) groups excluding carboxylic acids is 1. The van der Waals surface area contributed by atoms with Gasteiger partial charge in [0, 0.05) is 18.0 Å². The molecule has 1 aliphatic heterocycles. The molecular formula is C24H27F3N2O3. The van der Waals surface area contributed by atoms with Crippen molar-refractivity contribution in [3.63, 3.8) is 0 Å². The van der Waals surface area contributed by atoms with Crippen molar-refractivity contribution in [3.05, 3.63) is 77.9 Å². The number of hydrogen-bond acceptors (Lipinski definition) is 4. The van der Waals surface area contributed by atoms with Crippen LogP contribution in [0.4, 0.5) is 13.2 Å². The average molecular weight is 448 g/mol. The van der Waals surface area contributed by atoms with Crippen LogP contribution in [-0.2, 0) is 9.57 Å². The van der Waals surface area contributed by atoms with E-state index in [4.69, 9.17) is 9.57 Å². The highest BCUT2D eigenvalue weighted by Crippen LogP contribution is 2.39. The monoisotopic (exact) mass is 448 g/mol. The van der Waals surface area contributed by atoms with Gasteiger partial charge in [-0.3, -0.25) is 4.79 Å². The Morgan fingerprint density at radius 1 is 1.06 bits per heavy atom. The Kier molecular flexibility index (Phi) is 8.44. The van der Waals surface area contributed by atoms with Gasteiger partial charge in [-0.25, -0.2) is 10.3 Å². The Labute approximate surface area is 185 Å². The van der Waals surface area contributed by atoms with Crippen molar-refractivity contribution in [2.45, 2.75) is 43.7 Å². The normalized spacial score (nSPS) is 18.9. The van der Waals surface area contributed by atoms with Gasteiger partial charge in [-0.05, 0) is 37.1 Å². The third-order valence-corrected chi connectivity index (χ3v) is 5.23. The summed E-state index contributed by atoms with van der Waals surface area (Å²) in [6, 6.07) is 16.6. The van der Waals surface area contributed by atoms with E-state index in [0.29, 0.717) is 13.0 Å². The van der Waals surface area contributed by atoms with E-state index in [1.165, 1.54) is 18.2 Å². The Morgan fingerprint density at radius 2 is 1.75 bits per heavy atom. The van der Waals surface area contributed by atoms with Crippen molar-refractivity contribution in [2.75, 3.05) is 13.2 Å². The van der Waals surface area contributed by atoms with E-state index in [0.717, 1.165) is 18.4 Å². The Bertz CT molecular complexity index is 869. The highest BCUT2D eigenvalue weighted by molar-refractivity contribution is 5.93. The molecule has 0 radical (unpaired) electrons. The van der Waals surface area contributed by atoms with Gasteiger partial charge in [-0.2, -0.15) is 13.2 Å². The van der Waals surface area contributed by atoms with Gasteiger partial charge in [-0.15, -0.1) is 0 Å². The maximum absolute atomic E-state index is 14.3. The minimum absolute atomic E-state index is 0.184. The van der Waals surface area contributed by atoms with Crippen LogP contribution in [0.25, 0.3) is 6.08 Å². The number of amides is 1. The van der Waals surface area contributed by atoms with Crippen LogP contribution in [0.5, 0.6) is 0 Å². The quantitative estimate of drug-likeness (QED) is 0.425. The first-order valence-corrected chi connectivity index (χ1v) is 10.6. The molecule has 8 heteroatoms. The molecule has 1 amide bonds. The second-order valence-electron chi connectivity index (χ2n) is 7.62. The van der Waals surface area contributed by atoms with E-state index in [-0.39, 0.29) is 12.2 Å². The molecule has 172 valence electrons. The largest absolute Gasteiger partial charge is 0.445 e. The molecule has 2 aromatic carbocycles. The third-order valence-electron chi connectivity index (χ3n) is 5.23. The SMILES string of the molecule is O=C(NOC(CC1CCCCN1)(OC/C=C/c1ccccc1)C(F)(F)F)c1ccccc1. The number of hydrogen-bond donors (Lipinski definition) is 2. The topological polar surface area (TPSA) is 59.6 Å². The zero-order valence-corrected chi connectivity index (χ0v) is 17.6. The molecule has 2 atom stereocenters. The fraction of sp³-hybridized carbons (Fsp3) is 0.375. The van der Waals surface area contributed by atoms with Gasteiger partial charge in [0.2, 0.25) is 0 Å². The minimum Gasteiger partial charge on any atom is -0.337 e. The van der Waals surface area contributed by atoms with Crippen molar-refractivity contribution in [3.8, 4) is 0 Å². The number of alkyl halides is 3. The smallest absolute Gasteiger partial charge is 0.337 e. The predicted molar refractivity (Wildman–Crippen MR) is 115 cm³/mol. The van der Waals surface area contributed by atoms with Gasteiger partial charge < -0.3 is 10.1 Å². The summed E-state index contributed by atoms with van der Waals surface area (Å²) in [5.74, 6) is -3.77. The molecule has 32 heavy (non-hydrogen) atoms. The van der Waals surface area contributed by atoms with Gasteiger partial charge in [0.25, 0.3) is 11.7 Å². The average Bonchev–Trinajstić information content (AvgIpc) is 2.81. The molecule has 0 aromatic heterocycles. The molecule has 2 aromatic rings. The van der Waals surface area contributed by atoms with Crippen LogP contribution < -0.4 is 10.8 Å². The molecule has 0 bridgehead atoms. The van der Waals surface area contributed by atoms with Crippen molar-refractivity contribution in [2.24, 2.45) is 0 Å². The summed E-state index contributed by atoms with van der Waals surface area (Å²) >= 11 is 0. The molecule has 0 spiro atoms. The minimum atomic E-state index is -4.88. The summed E-state index contributed by atoms with van der Waals surface area (Å²) in [6.07, 6.45) is 0.0885. The number of halogens is 3. The molecule has 3 rings (SSSR count). The Hall–Kier alpha value is -2.68. The second-order valence-corrected chi connectivity index (χ2v) is 7.62. The highest BCUT2D eigenvalue weighted by atomic mass is 19.4. The zero-order chi connectivity index (χ0) is 22.9. The summed E-state index contributed by atoms with van der Waals surface area (Å²) in [5, 5.41) is 3.09. The van der Waals surface area contributed by atoms with Crippen molar-refractivity contribution in [1.82, 2.24) is 10.8 Å². The molecule has 0 aliphatic carbocycles. The second kappa shape index (κ2) is 11.3. The molecule has 1 saturated heterocycles. The van der Waals surface area contributed by atoms with E-state index in [1.807, 2.05) is 35.8 Å². The lowest BCUT2D eigenvalue weighted by Crippen LogP contribution is -2.57. The number of hydroxylamine groups is 1. The number of carbonyl (C=O) groups is 1. The van der Waals surface area contributed by atoms with Crippen LogP contribution in [0.15, 0.2) is 66.7 Å². The first-order valence-electron chi connectivity index (χ1n) is 10.6. The number of rotatable bonds is 9. The van der Waals surface area contributed by atoms with E-state index in [1.54, 1.807) is 24.3 Å². The van der Waals surface area contributed by atoms with Crippen LogP contribution in [0.1, 0.15) is 41.6 Å². The van der Waals surface area contributed by atoms with Crippen molar-refractivity contribution < 1.29 is 27.5 Å². The summed E-state index contributed by atoms with van der Waals surface area (Å²) < 4.78 is 48.2. The summed E-state index contributed by atoms with van der Waals surface area (Å²) in [4.78, 5) is 17.4. The molecular weight excluding hydrogens is 421 g/mol. The lowest BCUT2D eigenvalue weighted by atomic mass is 9.97. The molecule has 0 saturated carbocycles. The number of nitrogens with one attached hydrogen (secondary N) is 2. The van der Waals surface area contributed by atoms with E-state index in [9.17, 15) is 18.0 Å². The maximum Gasteiger partial charge on any atom is 0.445 e. The molecule has 1 heterocycles. The molecule has 5 nitrogen and oxygen atoms in total. The molecule has 1 aliphatic rings. The third kappa shape index (κ3) is 6.66. The van der Waals surface area contributed by atoms with Crippen molar-refractivity contribution >= 4 is 12.0 Å². The van der Waals surface area contributed by atoms with Crippen LogP contribution >= 0.6 is 0 Å². The van der Waals surface area contributed by atoms with Crippen LogP contribution in [0, 0.1) is 0 Å². The van der Waals surface area contributed by atoms with Crippen molar-refractivity contribution in [1.29, 1.82) is 0 Å². The lowest BCUT2D eigenvalue weighted by molar-refractivity contribution is -0.394. The number of benzene rings is 2. The van der Waals surface area contributed by atoms with Gasteiger partial charge in [0.1, 0.15) is 0 Å². The Balaban J connectivity index is 1.76. The Morgan fingerprint density at radius 3 is 2.38 bits per heavy atom. The predicted octanol–water partition coefficient (Wildman–Crippen LogP) is 4.87. The maximum atomic E-state index is 14.3. The van der Waals surface area contributed by atoms with Gasteiger partial charge >= 0.3 is 6.18 Å². The standard InChI is InChI=1S/C24H27F3N2O3/c25-24(26,27)23(18-21-15-7-8-16-28-21,31-17-9-12-19-10-3-1-4-11-19)32-29-22(30)20-13-5-2-6-14-20/h1-6,9-14,21,28H,7-8,15-18H2,(H,29,30)/b12-9+.